The average Bonchev–Trinajstić information content (AvgIpc) is 2.59. The van der Waals surface area contributed by atoms with Crippen molar-refractivity contribution in [2.24, 2.45) is 5.92 Å². The highest BCUT2D eigenvalue weighted by Crippen LogP contribution is 2.22. The molecule has 1 aromatic carbocycles. The monoisotopic (exact) mass is 338 g/mol. The van der Waals surface area contributed by atoms with Crippen molar-refractivity contribution >= 4 is 17.9 Å². The number of alkyl halides is 2. The molecule has 0 spiro atoms. The van der Waals surface area contributed by atoms with Crippen LogP contribution in [0.5, 0.6) is 5.75 Å². The summed E-state index contributed by atoms with van der Waals surface area (Å²) in [7, 11) is 1.60. The van der Waals surface area contributed by atoms with Gasteiger partial charge >= 0.3 is 6.61 Å². The molecule has 1 heterocycles. The Balaban J connectivity index is 1.96. The predicted octanol–water partition coefficient (Wildman–Crippen LogP) is 2.29. The van der Waals surface area contributed by atoms with Gasteiger partial charge in [-0.05, 0) is 25.0 Å². The van der Waals surface area contributed by atoms with Crippen molar-refractivity contribution in [1.29, 1.82) is 0 Å². The third-order valence-corrected chi connectivity index (χ3v) is 3.96. The highest BCUT2D eigenvalue weighted by molar-refractivity contribution is 5.92. The molecule has 1 aliphatic rings. The van der Waals surface area contributed by atoms with Gasteiger partial charge in [-0.25, -0.2) is 0 Å². The van der Waals surface area contributed by atoms with Gasteiger partial charge in [-0.1, -0.05) is 18.2 Å². The summed E-state index contributed by atoms with van der Waals surface area (Å²) in [5.74, 6) is -0.258. The number of carbonyl (C=O) groups excluding carboxylic acids is 2. The minimum Gasteiger partial charge on any atom is -0.434 e. The first-order valence-electron chi connectivity index (χ1n) is 7.73. The van der Waals surface area contributed by atoms with Crippen LogP contribution in [-0.4, -0.2) is 43.5 Å². The van der Waals surface area contributed by atoms with Crippen molar-refractivity contribution < 1.29 is 23.1 Å². The number of benzene rings is 1. The fourth-order valence-corrected chi connectivity index (χ4v) is 2.65. The molecule has 2 amide bonds. The molecule has 24 heavy (non-hydrogen) atoms. The maximum absolute atomic E-state index is 12.4. The number of para-hydroxylation sites is 1. The van der Waals surface area contributed by atoms with E-state index in [1.165, 1.54) is 18.2 Å². The second kappa shape index (κ2) is 8.42. The Hall–Kier alpha value is -2.44. The molecule has 0 aliphatic carbocycles. The van der Waals surface area contributed by atoms with Gasteiger partial charge < -0.3 is 15.0 Å². The van der Waals surface area contributed by atoms with Gasteiger partial charge in [-0.3, -0.25) is 9.59 Å². The van der Waals surface area contributed by atoms with Gasteiger partial charge in [0.25, 0.3) is 0 Å². The number of rotatable bonds is 5. The molecular weight excluding hydrogens is 318 g/mol. The highest BCUT2D eigenvalue weighted by atomic mass is 19.3. The number of nitrogens with zero attached hydrogens (tertiary/aromatic N) is 1. The molecule has 7 heteroatoms. The molecule has 0 saturated carbocycles. The van der Waals surface area contributed by atoms with Gasteiger partial charge in [0.05, 0.1) is 0 Å². The summed E-state index contributed by atoms with van der Waals surface area (Å²) in [5.41, 5.74) is 0.409. The van der Waals surface area contributed by atoms with Crippen LogP contribution in [0.2, 0.25) is 0 Å². The second-order valence-electron chi connectivity index (χ2n) is 5.46. The van der Waals surface area contributed by atoms with E-state index in [9.17, 15) is 18.4 Å². The third kappa shape index (κ3) is 4.78. The Morgan fingerprint density at radius 1 is 1.29 bits per heavy atom. The van der Waals surface area contributed by atoms with E-state index in [-0.39, 0.29) is 23.5 Å². The smallest absolute Gasteiger partial charge is 0.387 e. The van der Waals surface area contributed by atoms with Gasteiger partial charge in [0.1, 0.15) is 5.75 Å². The van der Waals surface area contributed by atoms with Gasteiger partial charge in [-0.2, -0.15) is 8.78 Å². The summed E-state index contributed by atoms with van der Waals surface area (Å²) in [4.78, 5) is 25.4. The lowest BCUT2D eigenvalue weighted by Crippen LogP contribution is -2.41. The van der Waals surface area contributed by atoms with E-state index in [4.69, 9.17) is 0 Å². The van der Waals surface area contributed by atoms with Crippen LogP contribution in [0.4, 0.5) is 8.78 Å². The number of ether oxygens (including phenoxy) is 1. The van der Waals surface area contributed by atoms with Crippen molar-refractivity contribution in [2.45, 2.75) is 19.5 Å². The molecule has 1 N–H and O–H groups in total. The molecule has 5 nitrogen and oxygen atoms in total. The molecule has 130 valence electrons. The normalized spacial score (nSPS) is 15.8. The maximum Gasteiger partial charge on any atom is 0.387 e. The fourth-order valence-electron chi connectivity index (χ4n) is 2.65. The van der Waals surface area contributed by atoms with Crippen LogP contribution < -0.4 is 10.1 Å². The lowest BCUT2D eigenvalue weighted by atomic mass is 9.96. The van der Waals surface area contributed by atoms with Crippen LogP contribution in [0.15, 0.2) is 30.3 Å². The third-order valence-electron chi connectivity index (χ3n) is 3.96. The number of halogens is 2. The van der Waals surface area contributed by atoms with Crippen LogP contribution in [0.1, 0.15) is 18.4 Å². The zero-order valence-corrected chi connectivity index (χ0v) is 13.4. The van der Waals surface area contributed by atoms with Crippen LogP contribution in [0.3, 0.4) is 0 Å². The topological polar surface area (TPSA) is 58.6 Å². The van der Waals surface area contributed by atoms with Crippen molar-refractivity contribution in [3.8, 4) is 5.75 Å². The number of piperidine rings is 1. The lowest BCUT2D eigenvalue weighted by molar-refractivity contribution is -0.131. The molecule has 0 atom stereocenters. The molecule has 1 fully saturated rings. The SMILES string of the molecule is CNC(=O)C1CCN(C(=O)/C=C/c2ccccc2OC(F)F)CC1. The first kappa shape index (κ1) is 17.9. The Morgan fingerprint density at radius 3 is 2.58 bits per heavy atom. The van der Waals surface area contributed by atoms with E-state index in [0.29, 0.717) is 31.5 Å². The van der Waals surface area contributed by atoms with Crippen molar-refractivity contribution in [3.63, 3.8) is 0 Å². The number of hydrogen-bond donors (Lipinski definition) is 1. The summed E-state index contributed by atoms with van der Waals surface area (Å²) in [6.07, 6.45) is 4.04. The predicted molar refractivity (Wildman–Crippen MR) is 85.5 cm³/mol. The van der Waals surface area contributed by atoms with E-state index in [2.05, 4.69) is 10.1 Å². The number of hydrogen-bond acceptors (Lipinski definition) is 3. The Bertz CT molecular complexity index is 612. The van der Waals surface area contributed by atoms with Gasteiger partial charge in [0.15, 0.2) is 0 Å². The standard InChI is InChI=1S/C17H20F2N2O3/c1-20-16(23)13-8-10-21(11-9-13)15(22)7-6-12-4-2-3-5-14(12)24-17(18)19/h2-7,13,17H,8-11H2,1H3,(H,20,23)/b7-6+. The van der Waals surface area contributed by atoms with E-state index in [1.807, 2.05) is 0 Å². The minimum absolute atomic E-state index is 0.00397. The van der Waals surface area contributed by atoms with Gasteiger partial charge in [0, 0.05) is 37.7 Å². The number of nitrogens with one attached hydrogen (secondary N) is 1. The minimum atomic E-state index is -2.92. The van der Waals surface area contributed by atoms with Crippen LogP contribution in [0.25, 0.3) is 6.08 Å². The molecule has 1 aromatic rings. The summed E-state index contributed by atoms with van der Waals surface area (Å²) in [5, 5.41) is 2.62. The number of carbonyl (C=O) groups is 2. The van der Waals surface area contributed by atoms with Gasteiger partial charge in [0.2, 0.25) is 11.8 Å². The number of likely N-dealkylation sites (tertiary alicyclic amines) is 1. The average molecular weight is 338 g/mol. The fraction of sp³-hybridized carbons (Fsp3) is 0.412. The van der Waals surface area contributed by atoms with E-state index >= 15 is 0 Å². The van der Waals surface area contributed by atoms with Crippen molar-refractivity contribution in [2.75, 3.05) is 20.1 Å². The van der Waals surface area contributed by atoms with Gasteiger partial charge in [-0.15, -0.1) is 0 Å². The number of amides is 2. The van der Waals surface area contributed by atoms with E-state index in [0.717, 1.165) is 0 Å². The van der Waals surface area contributed by atoms with Crippen molar-refractivity contribution in [1.82, 2.24) is 10.2 Å². The molecule has 2 rings (SSSR count). The summed E-state index contributed by atoms with van der Waals surface area (Å²) in [6.45, 7) is -1.92. The first-order chi connectivity index (χ1) is 11.5. The summed E-state index contributed by atoms with van der Waals surface area (Å²) < 4.78 is 29.2. The Labute approximate surface area is 139 Å². The molecule has 1 aliphatic heterocycles. The zero-order valence-electron chi connectivity index (χ0n) is 13.4. The molecular formula is C17H20F2N2O3. The highest BCUT2D eigenvalue weighted by Gasteiger charge is 2.25. The molecule has 0 radical (unpaired) electrons. The first-order valence-corrected chi connectivity index (χ1v) is 7.73. The van der Waals surface area contributed by atoms with Crippen LogP contribution in [-0.2, 0) is 9.59 Å². The van der Waals surface area contributed by atoms with Crippen molar-refractivity contribution in [3.05, 3.63) is 35.9 Å². The van der Waals surface area contributed by atoms with Crippen LogP contribution in [0, 0.1) is 5.92 Å². The quantitative estimate of drug-likeness (QED) is 0.838. The molecule has 0 aromatic heterocycles. The Kier molecular flexibility index (Phi) is 6.28. The lowest BCUT2D eigenvalue weighted by Gasteiger charge is -2.30. The van der Waals surface area contributed by atoms with E-state index in [1.54, 1.807) is 30.1 Å². The largest absolute Gasteiger partial charge is 0.434 e. The molecule has 0 unspecified atom stereocenters. The second-order valence-corrected chi connectivity index (χ2v) is 5.46. The molecule has 1 saturated heterocycles. The van der Waals surface area contributed by atoms with Crippen LogP contribution >= 0.6 is 0 Å². The van der Waals surface area contributed by atoms with E-state index < -0.39 is 6.61 Å². The maximum atomic E-state index is 12.4. The summed E-state index contributed by atoms with van der Waals surface area (Å²) in [6, 6.07) is 6.28. The summed E-state index contributed by atoms with van der Waals surface area (Å²) >= 11 is 0. The Morgan fingerprint density at radius 2 is 1.96 bits per heavy atom. The zero-order chi connectivity index (χ0) is 17.5. The molecule has 0 bridgehead atoms.